The van der Waals surface area contributed by atoms with Crippen molar-refractivity contribution in [2.24, 2.45) is 5.73 Å². The van der Waals surface area contributed by atoms with Crippen molar-refractivity contribution in [3.63, 3.8) is 0 Å². The van der Waals surface area contributed by atoms with E-state index in [9.17, 15) is 0 Å². The van der Waals surface area contributed by atoms with E-state index in [4.69, 9.17) is 5.73 Å². The Morgan fingerprint density at radius 3 is 3.38 bits per heavy atom. The standard InChI is InChI=1S/C9H16N4/c1-13-5-3-8-7(6-11-12-8)9(13)2-4-10/h6,9H,2-5,10H2,1H3,(H,11,12). The first-order valence-corrected chi connectivity index (χ1v) is 4.75. The van der Waals surface area contributed by atoms with Gasteiger partial charge >= 0.3 is 0 Å². The number of hydrogen-bond donors (Lipinski definition) is 2. The van der Waals surface area contributed by atoms with E-state index >= 15 is 0 Å². The van der Waals surface area contributed by atoms with Crippen molar-refractivity contribution in [3.8, 4) is 0 Å². The molecule has 4 nitrogen and oxygen atoms in total. The molecular formula is C9H16N4. The summed E-state index contributed by atoms with van der Waals surface area (Å²) in [6.07, 6.45) is 4.03. The first-order valence-electron chi connectivity index (χ1n) is 4.75. The number of nitrogens with zero attached hydrogens (tertiary/aromatic N) is 2. The third-order valence-electron chi connectivity index (χ3n) is 2.80. The molecule has 1 aromatic rings. The molecule has 3 N–H and O–H groups in total. The summed E-state index contributed by atoms with van der Waals surface area (Å²) in [5.74, 6) is 0. The molecule has 1 unspecified atom stereocenters. The summed E-state index contributed by atoms with van der Waals surface area (Å²) in [5.41, 5.74) is 8.21. The molecule has 1 aliphatic rings. The van der Waals surface area contributed by atoms with Gasteiger partial charge in [0.25, 0.3) is 0 Å². The largest absolute Gasteiger partial charge is 0.330 e. The zero-order chi connectivity index (χ0) is 9.26. The molecule has 72 valence electrons. The Labute approximate surface area is 78.1 Å². The average molecular weight is 180 g/mol. The minimum Gasteiger partial charge on any atom is -0.330 e. The predicted octanol–water partition coefficient (Wildman–Crippen LogP) is 0.287. The third kappa shape index (κ3) is 1.47. The lowest BCUT2D eigenvalue weighted by molar-refractivity contribution is 0.221. The topological polar surface area (TPSA) is 57.9 Å². The SMILES string of the molecule is CN1CCc2[nH]ncc2C1CCN. The Kier molecular flexibility index (Phi) is 2.33. The fourth-order valence-electron chi connectivity index (χ4n) is 2.02. The van der Waals surface area contributed by atoms with Crippen molar-refractivity contribution in [1.29, 1.82) is 0 Å². The summed E-state index contributed by atoms with van der Waals surface area (Å²) in [6, 6.07) is 0.465. The highest BCUT2D eigenvalue weighted by Gasteiger charge is 2.25. The number of aromatic nitrogens is 2. The fourth-order valence-corrected chi connectivity index (χ4v) is 2.02. The van der Waals surface area contributed by atoms with Gasteiger partial charge in [-0.25, -0.2) is 0 Å². The highest BCUT2D eigenvalue weighted by molar-refractivity contribution is 5.23. The molecule has 0 saturated heterocycles. The van der Waals surface area contributed by atoms with Gasteiger partial charge in [-0.1, -0.05) is 0 Å². The van der Waals surface area contributed by atoms with E-state index < -0.39 is 0 Å². The molecule has 2 heterocycles. The van der Waals surface area contributed by atoms with Crippen molar-refractivity contribution in [2.75, 3.05) is 20.1 Å². The van der Waals surface area contributed by atoms with E-state index in [1.807, 2.05) is 6.20 Å². The lowest BCUT2D eigenvalue weighted by Crippen LogP contribution is -2.32. The van der Waals surface area contributed by atoms with Gasteiger partial charge < -0.3 is 5.73 Å². The van der Waals surface area contributed by atoms with Crippen LogP contribution < -0.4 is 5.73 Å². The Morgan fingerprint density at radius 1 is 1.77 bits per heavy atom. The minimum atomic E-state index is 0.465. The molecule has 0 aromatic carbocycles. The van der Waals surface area contributed by atoms with Gasteiger partial charge in [0.15, 0.2) is 0 Å². The van der Waals surface area contributed by atoms with E-state index in [0.717, 1.165) is 25.9 Å². The second-order valence-corrected chi connectivity index (χ2v) is 3.63. The second kappa shape index (κ2) is 3.47. The molecule has 0 spiro atoms. The van der Waals surface area contributed by atoms with Crippen molar-refractivity contribution in [3.05, 3.63) is 17.5 Å². The molecule has 0 amide bonds. The molecule has 1 aromatic heterocycles. The molecule has 0 saturated carbocycles. The van der Waals surface area contributed by atoms with Gasteiger partial charge in [-0.2, -0.15) is 5.10 Å². The Hall–Kier alpha value is -0.870. The monoisotopic (exact) mass is 180 g/mol. The Bertz CT molecular complexity index is 281. The molecular weight excluding hydrogens is 164 g/mol. The molecule has 0 aliphatic carbocycles. The zero-order valence-corrected chi connectivity index (χ0v) is 7.95. The van der Waals surface area contributed by atoms with Crippen LogP contribution >= 0.6 is 0 Å². The normalized spacial score (nSPS) is 23.1. The van der Waals surface area contributed by atoms with Crippen LogP contribution in [0.2, 0.25) is 0 Å². The average Bonchev–Trinajstić information content (AvgIpc) is 2.58. The second-order valence-electron chi connectivity index (χ2n) is 3.63. The lowest BCUT2D eigenvalue weighted by atomic mass is 9.97. The summed E-state index contributed by atoms with van der Waals surface area (Å²) in [7, 11) is 2.15. The molecule has 0 radical (unpaired) electrons. The van der Waals surface area contributed by atoms with Gasteiger partial charge in [-0.15, -0.1) is 0 Å². The molecule has 4 heteroatoms. The van der Waals surface area contributed by atoms with Crippen LogP contribution in [-0.2, 0) is 6.42 Å². The quantitative estimate of drug-likeness (QED) is 0.687. The predicted molar refractivity (Wildman–Crippen MR) is 51.3 cm³/mol. The number of hydrogen-bond acceptors (Lipinski definition) is 3. The summed E-state index contributed by atoms with van der Waals surface area (Å²) in [5, 5.41) is 7.13. The number of H-pyrrole nitrogens is 1. The lowest BCUT2D eigenvalue weighted by Gasteiger charge is -2.31. The van der Waals surface area contributed by atoms with Gasteiger partial charge in [0.1, 0.15) is 0 Å². The highest BCUT2D eigenvalue weighted by Crippen LogP contribution is 2.28. The molecule has 13 heavy (non-hydrogen) atoms. The van der Waals surface area contributed by atoms with Gasteiger partial charge in [0, 0.05) is 30.3 Å². The van der Waals surface area contributed by atoms with Crippen LogP contribution in [0.4, 0.5) is 0 Å². The number of rotatable bonds is 2. The first-order chi connectivity index (χ1) is 6.33. The van der Waals surface area contributed by atoms with Crippen LogP contribution in [0.3, 0.4) is 0 Å². The van der Waals surface area contributed by atoms with Gasteiger partial charge in [-0.3, -0.25) is 10.00 Å². The number of nitrogens with two attached hydrogens (primary N) is 1. The van der Waals surface area contributed by atoms with Crippen LogP contribution in [0.5, 0.6) is 0 Å². The van der Waals surface area contributed by atoms with Crippen LogP contribution in [0, 0.1) is 0 Å². The van der Waals surface area contributed by atoms with E-state index in [-0.39, 0.29) is 0 Å². The molecule has 2 rings (SSSR count). The number of fused-ring (bicyclic) bond motifs is 1. The van der Waals surface area contributed by atoms with E-state index in [1.165, 1.54) is 11.3 Å². The Balaban J connectivity index is 2.25. The number of nitrogens with one attached hydrogen (secondary N) is 1. The van der Waals surface area contributed by atoms with Crippen LogP contribution in [-0.4, -0.2) is 35.2 Å². The van der Waals surface area contributed by atoms with Crippen LogP contribution in [0.25, 0.3) is 0 Å². The first kappa shape index (κ1) is 8.72. The maximum absolute atomic E-state index is 5.59. The molecule has 0 bridgehead atoms. The minimum absolute atomic E-state index is 0.465. The van der Waals surface area contributed by atoms with Gasteiger partial charge in [-0.05, 0) is 20.0 Å². The van der Waals surface area contributed by atoms with Gasteiger partial charge in [0.2, 0.25) is 0 Å². The van der Waals surface area contributed by atoms with E-state index in [0.29, 0.717) is 6.04 Å². The van der Waals surface area contributed by atoms with Gasteiger partial charge in [0.05, 0.1) is 6.20 Å². The van der Waals surface area contributed by atoms with Crippen molar-refractivity contribution >= 4 is 0 Å². The van der Waals surface area contributed by atoms with Crippen LogP contribution in [0.1, 0.15) is 23.7 Å². The smallest absolute Gasteiger partial charge is 0.0538 e. The van der Waals surface area contributed by atoms with E-state index in [1.54, 1.807) is 0 Å². The van der Waals surface area contributed by atoms with Crippen molar-refractivity contribution in [2.45, 2.75) is 18.9 Å². The number of likely N-dealkylation sites (N-methyl/N-ethyl adjacent to an activating group) is 1. The fraction of sp³-hybridized carbons (Fsp3) is 0.667. The molecule has 1 atom stereocenters. The van der Waals surface area contributed by atoms with Crippen molar-refractivity contribution < 1.29 is 0 Å². The summed E-state index contributed by atoms with van der Waals surface area (Å²) >= 11 is 0. The molecule has 0 fully saturated rings. The van der Waals surface area contributed by atoms with Crippen molar-refractivity contribution in [1.82, 2.24) is 15.1 Å². The maximum atomic E-state index is 5.59. The van der Waals surface area contributed by atoms with E-state index in [2.05, 4.69) is 22.1 Å². The highest BCUT2D eigenvalue weighted by atomic mass is 15.2. The third-order valence-corrected chi connectivity index (χ3v) is 2.80. The number of aromatic amines is 1. The maximum Gasteiger partial charge on any atom is 0.0538 e. The zero-order valence-electron chi connectivity index (χ0n) is 7.95. The van der Waals surface area contributed by atoms with Crippen LogP contribution in [0.15, 0.2) is 6.20 Å². The summed E-state index contributed by atoms with van der Waals surface area (Å²) in [4.78, 5) is 2.35. The summed E-state index contributed by atoms with van der Waals surface area (Å²) in [6.45, 7) is 1.83. The molecule has 1 aliphatic heterocycles. The Morgan fingerprint density at radius 2 is 2.62 bits per heavy atom. The summed E-state index contributed by atoms with van der Waals surface area (Å²) < 4.78 is 0.